The number of nitrogens with zero attached hydrogens (tertiary/aromatic N) is 1. The van der Waals surface area contributed by atoms with Gasteiger partial charge in [0.2, 0.25) is 0 Å². The molecule has 2 aromatic rings. The summed E-state index contributed by atoms with van der Waals surface area (Å²) < 4.78 is 37.7. The van der Waals surface area contributed by atoms with E-state index < -0.39 is 29.2 Å². The van der Waals surface area contributed by atoms with Crippen LogP contribution < -0.4 is 5.32 Å². The molecular weight excluding hydrogens is 309 g/mol. The van der Waals surface area contributed by atoms with Crippen LogP contribution in [0.2, 0.25) is 0 Å². The van der Waals surface area contributed by atoms with E-state index in [0.717, 1.165) is 17.4 Å². The monoisotopic (exact) mass is 316 g/mol. The van der Waals surface area contributed by atoms with E-state index in [2.05, 4.69) is 10.3 Å². The van der Waals surface area contributed by atoms with Crippen molar-refractivity contribution in [1.82, 2.24) is 4.98 Å². The molecule has 0 atom stereocenters. The molecule has 0 fully saturated rings. The topological polar surface area (TPSA) is 79.3 Å². The fraction of sp³-hybridized carbons (Fsp3) is 0.0833. The van der Waals surface area contributed by atoms with Crippen LogP contribution in [0.5, 0.6) is 0 Å². The van der Waals surface area contributed by atoms with Crippen molar-refractivity contribution in [3.63, 3.8) is 0 Å². The number of carboxylic acids is 1. The smallest absolute Gasteiger partial charge is 0.416 e. The summed E-state index contributed by atoms with van der Waals surface area (Å²) in [5, 5.41) is 11.2. The van der Waals surface area contributed by atoms with Crippen LogP contribution in [0.15, 0.2) is 29.9 Å². The molecule has 0 saturated heterocycles. The van der Waals surface area contributed by atoms with Gasteiger partial charge in [-0.2, -0.15) is 13.2 Å². The number of benzene rings is 1. The highest BCUT2D eigenvalue weighted by Gasteiger charge is 2.32. The number of nitrogens with one attached hydrogen (secondary N) is 1. The highest BCUT2D eigenvalue weighted by molar-refractivity contribution is 7.11. The lowest BCUT2D eigenvalue weighted by atomic mass is 10.1. The van der Waals surface area contributed by atoms with Gasteiger partial charge in [0.1, 0.15) is 4.88 Å². The molecule has 2 N–H and O–H groups in total. The summed E-state index contributed by atoms with van der Waals surface area (Å²) in [5.41, 5.74) is -0.549. The molecular formula is C12H7F3N2O3S. The number of thiazole rings is 1. The van der Waals surface area contributed by atoms with E-state index in [-0.39, 0.29) is 10.6 Å². The molecule has 5 nitrogen and oxygen atoms in total. The summed E-state index contributed by atoms with van der Waals surface area (Å²) in [4.78, 5) is 26.7. The first kappa shape index (κ1) is 15.0. The first-order valence-electron chi connectivity index (χ1n) is 5.43. The van der Waals surface area contributed by atoms with Crippen LogP contribution in [0, 0.1) is 0 Å². The Bertz CT molecular complexity index is 684. The molecule has 0 saturated carbocycles. The summed E-state index contributed by atoms with van der Waals surface area (Å²) in [6, 6.07) is 2.09. The molecule has 110 valence electrons. The first-order valence-corrected chi connectivity index (χ1v) is 6.31. The Hall–Kier alpha value is -2.42. The number of carbonyl (C=O) groups excluding carboxylic acids is 1. The van der Waals surface area contributed by atoms with E-state index in [9.17, 15) is 22.8 Å². The zero-order chi connectivity index (χ0) is 15.6. The van der Waals surface area contributed by atoms with Crippen LogP contribution >= 0.6 is 11.3 Å². The van der Waals surface area contributed by atoms with Gasteiger partial charge < -0.3 is 10.4 Å². The van der Waals surface area contributed by atoms with Crippen molar-refractivity contribution < 1.29 is 27.9 Å². The first-order chi connectivity index (χ1) is 9.79. The molecule has 0 aliphatic rings. The van der Waals surface area contributed by atoms with Crippen molar-refractivity contribution in [1.29, 1.82) is 0 Å². The van der Waals surface area contributed by atoms with Gasteiger partial charge >= 0.3 is 12.1 Å². The largest absolute Gasteiger partial charge is 0.478 e. The predicted molar refractivity (Wildman–Crippen MR) is 68.5 cm³/mol. The van der Waals surface area contributed by atoms with Gasteiger partial charge in [-0.25, -0.2) is 4.79 Å². The fourth-order valence-electron chi connectivity index (χ4n) is 1.52. The van der Waals surface area contributed by atoms with Crippen LogP contribution in [0.25, 0.3) is 0 Å². The molecule has 21 heavy (non-hydrogen) atoms. The molecule has 9 heteroatoms. The summed E-state index contributed by atoms with van der Waals surface area (Å²) in [5.74, 6) is -2.21. The number of hydrogen-bond acceptors (Lipinski definition) is 4. The average molecular weight is 316 g/mol. The number of rotatable bonds is 3. The maximum absolute atomic E-state index is 12.6. The van der Waals surface area contributed by atoms with Crippen LogP contribution in [-0.4, -0.2) is 22.0 Å². The van der Waals surface area contributed by atoms with Gasteiger partial charge in [0, 0.05) is 0 Å². The maximum atomic E-state index is 12.6. The van der Waals surface area contributed by atoms with Crippen molar-refractivity contribution in [3.8, 4) is 0 Å². The number of alkyl halides is 3. The van der Waals surface area contributed by atoms with Gasteiger partial charge in [0.05, 0.1) is 28.5 Å². The van der Waals surface area contributed by atoms with Crippen molar-refractivity contribution in [2.24, 2.45) is 0 Å². The second-order valence-electron chi connectivity index (χ2n) is 3.88. The minimum atomic E-state index is -4.66. The molecule has 1 heterocycles. The van der Waals surface area contributed by atoms with Crippen LogP contribution in [0.1, 0.15) is 25.6 Å². The van der Waals surface area contributed by atoms with Crippen molar-refractivity contribution in [2.75, 3.05) is 5.32 Å². The highest BCUT2D eigenvalue weighted by atomic mass is 32.1. The number of hydrogen-bond donors (Lipinski definition) is 2. The Morgan fingerprint density at radius 3 is 2.52 bits per heavy atom. The standard InChI is InChI=1S/C12H7F3N2O3S/c13-12(14,15)6-1-2-8(7(3-6)11(19)20)17-10(18)9-4-16-5-21-9/h1-5H,(H,17,18)(H,19,20). The third kappa shape index (κ3) is 3.37. The maximum Gasteiger partial charge on any atom is 0.416 e. The van der Waals surface area contributed by atoms with Gasteiger partial charge in [0.25, 0.3) is 5.91 Å². The zero-order valence-corrected chi connectivity index (χ0v) is 11.0. The Morgan fingerprint density at radius 1 is 1.29 bits per heavy atom. The van der Waals surface area contributed by atoms with Crippen LogP contribution in [0.3, 0.4) is 0 Å². The number of halogens is 3. The van der Waals surface area contributed by atoms with Gasteiger partial charge in [-0.15, -0.1) is 11.3 Å². The van der Waals surface area contributed by atoms with Crippen molar-refractivity contribution in [3.05, 3.63) is 45.9 Å². The molecule has 0 spiro atoms. The number of carboxylic acid groups (broad SMARTS) is 1. The second-order valence-corrected chi connectivity index (χ2v) is 4.77. The average Bonchev–Trinajstić information content (AvgIpc) is 2.91. The fourth-order valence-corrected chi connectivity index (χ4v) is 2.03. The second kappa shape index (κ2) is 5.52. The van der Waals surface area contributed by atoms with E-state index in [4.69, 9.17) is 5.11 Å². The van der Waals surface area contributed by atoms with E-state index in [1.165, 1.54) is 11.7 Å². The molecule has 0 unspecified atom stereocenters. The van der Waals surface area contributed by atoms with E-state index in [0.29, 0.717) is 12.1 Å². The summed E-state index contributed by atoms with van der Waals surface area (Å²) in [7, 11) is 0. The van der Waals surface area contributed by atoms with Crippen molar-refractivity contribution in [2.45, 2.75) is 6.18 Å². The van der Waals surface area contributed by atoms with Gasteiger partial charge in [-0.05, 0) is 18.2 Å². The number of aromatic carboxylic acids is 1. The molecule has 0 aliphatic carbocycles. The lowest BCUT2D eigenvalue weighted by molar-refractivity contribution is -0.137. The lowest BCUT2D eigenvalue weighted by Gasteiger charge is -2.11. The number of carbonyl (C=O) groups is 2. The van der Waals surface area contributed by atoms with Gasteiger partial charge in [0.15, 0.2) is 0 Å². The number of anilines is 1. The summed E-state index contributed by atoms with van der Waals surface area (Å²) >= 11 is 1.02. The minimum absolute atomic E-state index is 0.214. The van der Waals surface area contributed by atoms with E-state index in [1.54, 1.807) is 0 Å². The molecule has 2 rings (SSSR count). The van der Waals surface area contributed by atoms with Crippen LogP contribution in [0.4, 0.5) is 18.9 Å². The third-order valence-electron chi connectivity index (χ3n) is 2.48. The highest BCUT2D eigenvalue weighted by Crippen LogP contribution is 2.32. The molecule has 0 aliphatic heterocycles. The predicted octanol–water partition coefficient (Wildman–Crippen LogP) is 3.11. The Kier molecular flexibility index (Phi) is 3.94. The summed E-state index contributed by atoms with van der Waals surface area (Å²) in [6.45, 7) is 0. The molecule has 0 radical (unpaired) electrons. The Labute approximate surface area is 120 Å². The zero-order valence-electron chi connectivity index (χ0n) is 10.1. The Morgan fingerprint density at radius 2 is 2.00 bits per heavy atom. The van der Waals surface area contributed by atoms with Gasteiger partial charge in [-0.1, -0.05) is 0 Å². The minimum Gasteiger partial charge on any atom is -0.478 e. The number of aromatic nitrogens is 1. The van der Waals surface area contributed by atoms with Crippen molar-refractivity contribution >= 4 is 28.9 Å². The molecule has 1 aromatic carbocycles. The quantitative estimate of drug-likeness (QED) is 0.912. The molecule has 1 aromatic heterocycles. The van der Waals surface area contributed by atoms with Crippen LogP contribution in [-0.2, 0) is 6.18 Å². The molecule has 0 bridgehead atoms. The normalized spacial score (nSPS) is 11.2. The molecule has 1 amide bonds. The summed E-state index contributed by atoms with van der Waals surface area (Å²) in [6.07, 6.45) is -3.39. The Balaban J connectivity index is 2.35. The van der Waals surface area contributed by atoms with E-state index in [1.807, 2.05) is 0 Å². The van der Waals surface area contributed by atoms with Gasteiger partial charge in [-0.3, -0.25) is 9.78 Å². The number of amides is 1. The third-order valence-corrected chi connectivity index (χ3v) is 3.25. The SMILES string of the molecule is O=C(Nc1ccc(C(F)(F)F)cc1C(=O)O)c1cncs1. The lowest BCUT2D eigenvalue weighted by Crippen LogP contribution is -2.15. The van der Waals surface area contributed by atoms with E-state index >= 15 is 0 Å².